The molecule has 0 aliphatic heterocycles. The first-order valence-electron chi connectivity index (χ1n) is 5.74. The second-order valence-electron chi connectivity index (χ2n) is 5.39. The first-order chi connectivity index (χ1) is 7.84. The number of carbonyl (C=O) groups is 1. The zero-order valence-corrected chi connectivity index (χ0v) is 10.9. The largest absolute Gasteiger partial charge is 0.469 e. The zero-order chi connectivity index (χ0) is 13.5. The highest BCUT2D eigenvalue weighted by molar-refractivity contribution is 5.69. The minimum Gasteiger partial charge on any atom is -0.469 e. The van der Waals surface area contributed by atoms with Crippen LogP contribution in [0.5, 0.6) is 0 Å². The first kappa shape index (κ1) is 16.4. The molecule has 0 aromatic heterocycles. The third-order valence-corrected chi connectivity index (χ3v) is 3.19. The monoisotopic (exact) mass is 248 g/mol. The summed E-state index contributed by atoms with van der Waals surface area (Å²) >= 11 is 0. The molecule has 0 bridgehead atoms. The summed E-state index contributed by atoms with van der Waals surface area (Å²) in [5, 5.41) is 27.6. The van der Waals surface area contributed by atoms with E-state index in [0.29, 0.717) is 12.8 Å². The predicted octanol–water partition coefficient (Wildman–Crippen LogP) is 0.319. The molecule has 0 unspecified atom stereocenters. The van der Waals surface area contributed by atoms with Crippen molar-refractivity contribution in [3.63, 3.8) is 0 Å². The van der Waals surface area contributed by atoms with Crippen molar-refractivity contribution in [1.82, 2.24) is 0 Å². The van der Waals surface area contributed by atoms with Crippen molar-refractivity contribution < 1.29 is 24.9 Å². The van der Waals surface area contributed by atoms with E-state index in [0.717, 1.165) is 0 Å². The molecule has 0 amide bonds. The van der Waals surface area contributed by atoms with Gasteiger partial charge in [0.25, 0.3) is 0 Å². The fourth-order valence-corrected chi connectivity index (χ4v) is 1.54. The lowest BCUT2D eigenvalue weighted by Gasteiger charge is -2.32. The number of methoxy groups -OCH3 is 1. The lowest BCUT2D eigenvalue weighted by Crippen LogP contribution is -2.35. The molecule has 0 saturated heterocycles. The van der Waals surface area contributed by atoms with Gasteiger partial charge in [-0.3, -0.25) is 4.79 Å². The second-order valence-corrected chi connectivity index (χ2v) is 5.39. The summed E-state index contributed by atoms with van der Waals surface area (Å²) < 4.78 is 4.61. The Morgan fingerprint density at radius 2 is 1.53 bits per heavy atom. The van der Waals surface area contributed by atoms with Crippen LogP contribution >= 0.6 is 0 Å². The highest BCUT2D eigenvalue weighted by atomic mass is 16.5. The minimum absolute atomic E-state index is 0.270. The standard InChI is InChI=1S/C12H24O5/c1-11(2,6-10(16)17-3)4-5-12(7-13,8-14)9-15/h13-15H,4-9H2,1-3H3. The van der Waals surface area contributed by atoms with Gasteiger partial charge in [0.2, 0.25) is 0 Å². The molecule has 3 N–H and O–H groups in total. The molecule has 0 fully saturated rings. The molecular formula is C12H24O5. The molecule has 0 atom stereocenters. The van der Waals surface area contributed by atoms with Crippen LogP contribution < -0.4 is 0 Å². The summed E-state index contributed by atoms with van der Waals surface area (Å²) in [6.45, 7) is 3.03. The highest BCUT2D eigenvalue weighted by Gasteiger charge is 2.32. The van der Waals surface area contributed by atoms with Crippen LogP contribution in [-0.4, -0.2) is 48.2 Å². The van der Waals surface area contributed by atoms with E-state index >= 15 is 0 Å². The topological polar surface area (TPSA) is 87.0 Å². The number of hydrogen-bond donors (Lipinski definition) is 3. The average Bonchev–Trinajstić information content (AvgIpc) is 2.31. The molecule has 17 heavy (non-hydrogen) atoms. The number of hydrogen-bond acceptors (Lipinski definition) is 5. The third-order valence-electron chi connectivity index (χ3n) is 3.19. The van der Waals surface area contributed by atoms with Crippen LogP contribution in [0.15, 0.2) is 0 Å². The number of aliphatic hydroxyl groups is 3. The van der Waals surface area contributed by atoms with E-state index < -0.39 is 5.41 Å². The van der Waals surface area contributed by atoms with Gasteiger partial charge < -0.3 is 20.1 Å². The Balaban J connectivity index is 4.37. The van der Waals surface area contributed by atoms with Crippen LogP contribution in [0.3, 0.4) is 0 Å². The molecule has 0 aromatic carbocycles. The van der Waals surface area contributed by atoms with Crippen LogP contribution in [0.25, 0.3) is 0 Å². The molecule has 0 heterocycles. The summed E-state index contributed by atoms with van der Waals surface area (Å²) in [4.78, 5) is 11.2. The average molecular weight is 248 g/mol. The van der Waals surface area contributed by atoms with Crippen LogP contribution in [-0.2, 0) is 9.53 Å². The Kier molecular flexibility index (Phi) is 6.67. The third kappa shape index (κ3) is 5.48. The SMILES string of the molecule is COC(=O)CC(C)(C)CCC(CO)(CO)CO. The van der Waals surface area contributed by atoms with Gasteiger partial charge in [0, 0.05) is 5.41 Å². The Bertz CT molecular complexity index is 225. The zero-order valence-electron chi connectivity index (χ0n) is 10.9. The van der Waals surface area contributed by atoms with Crippen molar-refractivity contribution in [3.05, 3.63) is 0 Å². The van der Waals surface area contributed by atoms with E-state index in [9.17, 15) is 20.1 Å². The molecule has 0 spiro atoms. The molecule has 0 rings (SSSR count). The number of rotatable bonds is 8. The van der Waals surface area contributed by atoms with Crippen LogP contribution in [0.1, 0.15) is 33.1 Å². The van der Waals surface area contributed by atoms with Crippen LogP contribution in [0, 0.1) is 10.8 Å². The molecule has 0 aliphatic rings. The van der Waals surface area contributed by atoms with Gasteiger partial charge in [-0.1, -0.05) is 13.8 Å². The minimum atomic E-state index is -0.868. The Morgan fingerprint density at radius 3 is 1.88 bits per heavy atom. The molecule has 0 aliphatic carbocycles. The van der Waals surface area contributed by atoms with Crippen molar-refractivity contribution in [2.75, 3.05) is 26.9 Å². The fourth-order valence-electron chi connectivity index (χ4n) is 1.54. The number of esters is 1. The maximum Gasteiger partial charge on any atom is 0.306 e. The van der Waals surface area contributed by atoms with E-state index in [1.54, 1.807) is 0 Å². The lowest BCUT2D eigenvalue weighted by molar-refractivity contribution is -0.143. The van der Waals surface area contributed by atoms with Gasteiger partial charge in [-0.2, -0.15) is 0 Å². The number of aliphatic hydroxyl groups excluding tert-OH is 3. The molecule has 5 nitrogen and oxygen atoms in total. The molecular weight excluding hydrogens is 224 g/mol. The van der Waals surface area contributed by atoms with Crippen LogP contribution in [0.2, 0.25) is 0 Å². The summed E-state index contributed by atoms with van der Waals surface area (Å²) in [6, 6.07) is 0. The van der Waals surface area contributed by atoms with Crippen molar-refractivity contribution in [2.45, 2.75) is 33.1 Å². The van der Waals surface area contributed by atoms with Gasteiger partial charge in [-0.15, -0.1) is 0 Å². The maximum absolute atomic E-state index is 11.2. The van der Waals surface area contributed by atoms with Gasteiger partial charge >= 0.3 is 5.97 Å². The number of ether oxygens (including phenoxy) is 1. The Hall–Kier alpha value is -0.650. The van der Waals surface area contributed by atoms with E-state index in [1.807, 2.05) is 13.8 Å². The summed E-state index contributed by atoms with van der Waals surface area (Å²) in [6.07, 6.45) is 1.35. The number of carbonyl (C=O) groups excluding carboxylic acids is 1. The lowest BCUT2D eigenvalue weighted by atomic mass is 9.76. The van der Waals surface area contributed by atoms with E-state index in [-0.39, 0.29) is 37.6 Å². The molecule has 0 radical (unpaired) electrons. The molecule has 102 valence electrons. The molecule has 0 saturated carbocycles. The van der Waals surface area contributed by atoms with Crippen LogP contribution in [0.4, 0.5) is 0 Å². The first-order valence-corrected chi connectivity index (χ1v) is 5.74. The second kappa shape index (κ2) is 6.93. The van der Waals surface area contributed by atoms with E-state index in [4.69, 9.17) is 0 Å². The van der Waals surface area contributed by atoms with E-state index in [1.165, 1.54) is 7.11 Å². The van der Waals surface area contributed by atoms with Crippen molar-refractivity contribution in [2.24, 2.45) is 10.8 Å². The smallest absolute Gasteiger partial charge is 0.306 e. The van der Waals surface area contributed by atoms with Gasteiger partial charge in [0.05, 0.1) is 33.4 Å². The van der Waals surface area contributed by atoms with Gasteiger partial charge in [-0.05, 0) is 18.3 Å². The summed E-state index contributed by atoms with van der Waals surface area (Å²) in [5.74, 6) is -0.280. The summed E-state index contributed by atoms with van der Waals surface area (Å²) in [5.41, 5.74) is -1.15. The molecule has 0 aromatic rings. The van der Waals surface area contributed by atoms with E-state index in [2.05, 4.69) is 4.74 Å². The summed E-state index contributed by atoms with van der Waals surface area (Å²) in [7, 11) is 1.35. The Morgan fingerprint density at radius 1 is 1.06 bits per heavy atom. The van der Waals surface area contributed by atoms with Crippen molar-refractivity contribution >= 4 is 5.97 Å². The van der Waals surface area contributed by atoms with Gasteiger partial charge in [-0.25, -0.2) is 0 Å². The van der Waals surface area contributed by atoms with Gasteiger partial charge in [0.1, 0.15) is 0 Å². The normalized spacial score (nSPS) is 12.6. The quantitative estimate of drug-likeness (QED) is 0.538. The van der Waals surface area contributed by atoms with Crippen molar-refractivity contribution in [1.29, 1.82) is 0 Å². The Labute approximate surface area is 102 Å². The molecule has 5 heteroatoms. The highest BCUT2D eigenvalue weighted by Crippen LogP contribution is 2.33. The van der Waals surface area contributed by atoms with Crippen molar-refractivity contribution in [3.8, 4) is 0 Å². The predicted molar refractivity (Wildman–Crippen MR) is 63.3 cm³/mol. The van der Waals surface area contributed by atoms with Gasteiger partial charge in [0.15, 0.2) is 0 Å². The maximum atomic E-state index is 11.2. The fraction of sp³-hybridized carbons (Fsp3) is 0.917.